The van der Waals surface area contributed by atoms with Crippen molar-refractivity contribution in [3.63, 3.8) is 0 Å². The molecule has 0 atom stereocenters. The lowest BCUT2D eigenvalue weighted by Crippen LogP contribution is -2.06. The van der Waals surface area contributed by atoms with Crippen LogP contribution in [-0.2, 0) is 0 Å². The van der Waals surface area contributed by atoms with E-state index in [1.165, 1.54) is 4.88 Å². The number of ether oxygens (including phenoxy) is 1. The van der Waals surface area contributed by atoms with Gasteiger partial charge in [-0.1, -0.05) is 13.8 Å². The molecule has 0 aromatic carbocycles. The summed E-state index contributed by atoms with van der Waals surface area (Å²) >= 11 is 7.45. The average Bonchev–Trinajstić information content (AvgIpc) is 2.54. The van der Waals surface area contributed by atoms with Crippen molar-refractivity contribution in [3.05, 3.63) is 16.2 Å². The summed E-state index contributed by atoms with van der Waals surface area (Å²) in [6.07, 6.45) is 0. The number of nitrogens with zero attached hydrogens (tertiary/aromatic N) is 2. The van der Waals surface area contributed by atoms with E-state index in [1.54, 1.807) is 11.3 Å². The van der Waals surface area contributed by atoms with Gasteiger partial charge in [-0.25, -0.2) is 4.98 Å². The molecule has 0 saturated heterocycles. The van der Waals surface area contributed by atoms with Gasteiger partial charge in [-0.05, 0) is 30.5 Å². The summed E-state index contributed by atoms with van der Waals surface area (Å²) in [6.45, 7) is 6.86. The monoisotopic (exact) mass is 256 g/mol. The fourth-order valence-corrected chi connectivity index (χ4v) is 2.43. The molecule has 0 aliphatic carbocycles. The van der Waals surface area contributed by atoms with E-state index in [-0.39, 0.29) is 5.28 Å². The van der Waals surface area contributed by atoms with E-state index in [2.05, 4.69) is 23.8 Å². The summed E-state index contributed by atoms with van der Waals surface area (Å²) in [7, 11) is 0. The molecule has 3 nitrogen and oxygen atoms in total. The van der Waals surface area contributed by atoms with Gasteiger partial charge in [-0.15, -0.1) is 11.3 Å². The second-order valence-corrected chi connectivity index (χ2v) is 5.65. The summed E-state index contributed by atoms with van der Waals surface area (Å²) in [6, 6.07) is 2.03. The van der Waals surface area contributed by atoms with Crippen LogP contribution in [0, 0.1) is 12.8 Å². The van der Waals surface area contributed by atoms with Crippen molar-refractivity contribution in [1.29, 1.82) is 0 Å². The molecular formula is C11H13ClN2OS. The van der Waals surface area contributed by atoms with Crippen molar-refractivity contribution in [2.45, 2.75) is 20.8 Å². The molecule has 2 heterocycles. The number of hydrogen-bond acceptors (Lipinski definition) is 4. The van der Waals surface area contributed by atoms with Crippen LogP contribution in [0.3, 0.4) is 0 Å². The lowest BCUT2D eigenvalue weighted by Gasteiger charge is -2.08. The Kier molecular flexibility index (Phi) is 3.30. The second kappa shape index (κ2) is 4.55. The first-order chi connectivity index (χ1) is 7.56. The first-order valence-corrected chi connectivity index (χ1v) is 6.32. The number of rotatable bonds is 3. The minimum atomic E-state index is 0.244. The van der Waals surface area contributed by atoms with E-state index in [1.807, 2.05) is 13.0 Å². The van der Waals surface area contributed by atoms with E-state index in [9.17, 15) is 0 Å². The molecule has 0 bridgehead atoms. The number of aromatic nitrogens is 2. The van der Waals surface area contributed by atoms with Gasteiger partial charge in [0.05, 0.1) is 12.0 Å². The predicted molar refractivity (Wildman–Crippen MR) is 67.5 cm³/mol. The first kappa shape index (κ1) is 11.6. The summed E-state index contributed by atoms with van der Waals surface area (Å²) in [5.41, 5.74) is 0. The molecule has 0 saturated carbocycles. The fourth-order valence-electron chi connectivity index (χ4n) is 1.35. The molecular weight excluding hydrogens is 244 g/mol. The quantitative estimate of drug-likeness (QED) is 0.786. The summed E-state index contributed by atoms with van der Waals surface area (Å²) < 4.78 is 5.65. The standard InChI is InChI=1S/C11H13ClN2OS/c1-6(2)5-15-9-8-4-7(3)16-10(8)14-11(12)13-9/h4,6H,5H2,1-3H3. The highest BCUT2D eigenvalue weighted by Gasteiger charge is 2.11. The maximum atomic E-state index is 5.85. The Morgan fingerprint density at radius 3 is 2.88 bits per heavy atom. The van der Waals surface area contributed by atoms with Crippen LogP contribution >= 0.6 is 22.9 Å². The normalized spacial score (nSPS) is 11.3. The predicted octanol–water partition coefficient (Wildman–Crippen LogP) is 3.69. The number of thiophene rings is 1. The zero-order chi connectivity index (χ0) is 11.7. The van der Waals surface area contributed by atoms with Gasteiger partial charge in [0.2, 0.25) is 11.2 Å². The maximum absolute atomic E-state index is 5.85. The molecule has 5 heteroatoms. The van der Waals surface area contributed by atoms with Gasteiger partial charge >= 0.3 is 0 Å². The lowest BCUT2D eigenvalue weighted by atomic mass is 10.2. The molecule has 16 heavy (non-hydrogen) atoms. The first-order valence-electron chi connectivity index (χ1n) is 5.12. The Bertz CT molecular complexity index is 510. The van der Waals surface area contributed by atoms with Gasteiger partial charge < -0.3 is 4.74 Å². The molecule has 0 amide bonds. The second-order valence-electron chi connectivity index (χ2n) is 4.08. The Morgan fingerprint density at radius 1 is 1.44 bits per heavy atom. The average molecular weight is 257 g/mol. The number of hydrogen-bond donors (Lipinski definition) is 0. The van der Waals surface area contributed by atoms with Gasteiger partial charge in [-0.3, -0.25) is 0 Å². The lowest BCUT2D eigenvalue weighted by molar-refractivity contribution is 0.264. The molecule has 2 aromatic heterocycles. The fraction of sp³-hybridized carbons (Fsp3) is 0.455. The van der Waals surface area contributed by atoms with Crippen LogP contribution in [0.1, 0.15) is 18.7 Å². The van der Waals surface area contributed by atoms with Gasteiger partial charge in [0.15, 0.2) is 0 Å². The molecule has 2 aromatic rings. The highest BCUT2D eigenvalue weighted by molar-refractivity contribution is 7.18. The van der Waals surface area contributed by atoms with Crippen LogP contribution in [0.2, 0.25) is 5.28 Å². The molecule has 2 rings (SSSR count). The van der Waals surface area contributed by atoms with E-state index in [4.69, 9.17) is 16.3 Å². The minimum Gasteiger partial charge on any atom is -0.477 e. The van der Waals surface area contributed by atoms with Gasteiger partial charge in [0.1, 0.15) is 4.83 Å². The number of aryl methyl sites for hydroxylation is 1. The third-order valence-corrected chi connectivity index (χ3v) is 3.12. The third-order valence-electron chi connectivity index (χ3n) is 2.01. The molecule has 0 radical (unpaired) electrons. The van der Waals surface area contributed by atoms with Crippen LogP contribution in [0.15, 0.2) is 6.07 Å². The molecule has 86 valence electrons. The Labute approximate surface area is 103 Å². The molecule has 0 aliphatic heterocycles. The smallest absolute Gasteiger partial charge is 0.227 e. The zero-order valence-corrected chi connectivity index (χ0v) is 11.0. The molecule has 0 N–H and O–H groups in total. The highest BCUT2D eigenvalue weighted by Crippen LogP contribution is 2.31. The maximum Gasteiger partial charge on any atom is 0.227 e. The van der Waals surface area contributed by atoms with Gasteiger partial charge in [0, 0.05) is 4.88 Å². The topological polar surface area (TPSA) is 35.0 Å². The summed E-state index contributed by atoms with van der Waals surface area (Å²) in [5, 5.41) is 1.20. The summed E-state index contributed by atoms with van der Waals surface area (Å²) in [5.74, 6) is 1.05. The highest BCUT2D eigenvalue weighted by atomic mass is 35.5. The van der Waals surface area contributed by atoms with Crippen LogP contribution in [-0.4, -0.2) is 16.6 Å². The van der Waals surface area contributed by atoms with Gasteiger partial charge in [-0.2, -0.15) is 4.98 Å². The van der Waals surface area contributed by atoms with Crippen molar-refractivity contribution < 1.29 is 4.74 Å². The number of fused-ring (bicyclic) bond motifs is 1. The Hall–Kier alpha value is -0.870. The Morgan fingerprint density at radius 2 is 2.19 bits per heavy atom. The van der Waals surface area contributed by atoms with Crippen LogP contribution in [0.25, 0.3) is 10.2 Å². The Balaban J connectivity index is 2.41. The largest absolute Gasteiger partial charge is 0.477 e. The van der Waals surface area contributed by atoms with Crippen LogP contribution < -0.4 is 4.74 Å². The summed E-state index contributed by atoms with van der Waals surface area (Å²) in [4.78, 5) is 10.4. The molecule has 0 fully saturated rings. The van der Waals surface area contributed by atoms with E-state index < -0.39 is 0 Å². The zero-order valence-electron chi connectivity index (χ0n) is 9.45. The third kappa shape index (κ3) is 2.44. The van der Waals surface area contributed by atoms with Crippen LogP contribution in [0.5, 0.6) is 5.88 Å². The molecule has 0 unspecified atom stereocenters. The van der Waals surface area contributed by atoms with E-state index in [0.717, 1.165) is 10.2 Å². The molecule has 0 aliphatic rings. The SMILES string of the molecule is Cc1cc2c(OCC(C)C)nc(Cl)nc2s1. The van der Waals surface area contributed by atoms with Crippen molar-refractivity contribution >= 4 is 33.2 Å². The minimum absolute atomic E-state index is 0.244. The van der Waals surface area contributed by atoms with Gasteiger partial charge in [0.25, 0.3) is 0 Å². The van der Waals surface area contributed by atoms with Crippen molar-refractivity contribution in [2.75, 3.05) is 6.61 Å². The van der Waals surface area contributed by atoms with Crippen molar-refractivity contribution in [2.24, 2.45) is 5.92 Å². The number of halogens is 1. The van der Waals surface area contributed by atoms with Crippen molar-refractivity contribution in [1.82, 2.24) is 9.97 Å². The van der Waals surface area contributed by atoms with Crippen molar-refractivity contribution in [3.8, 4) is 5.88 Å². The van der Waals surface area contributed by atoms with Crippen LogP contribution in [0.4, 0.5) is 0 Å². The molecule has 0 spiro atoms. The van der Waals surface area contributed by atoms with E-state index >= 15 is 0 Å². The van der Waals surface area contributed by atoms with E-state index in [0.29, 0.717) is 18.4 Å².